The second kappa shape index (κ2) is 8.48. The van der Waals surface area contributed by atoms with Crippen molar-refractivity contribution < 1.29 is 23.5 Å². The molecule has 0 radical (unpaired) electrons. The lowest BCUT2D eigenvalue weighted by molar-refractivity contribution is -0.123. The summed E-state index contributed by atoms with van der Waals surface area (Å²) in [6, 6.07) is 11.1. The van der Waals surface area contributed by atoms with E-state index in [0.29, 0.717) is 27.5 Å². The fraction of sp³-hybridized carbons (Fsp3) is 0.238. The maximum absolute atomic E-state index is 13.1. The molecule has 2 aromatic rings. The number of para-hydroxylation sites is 1. The molecule has 0 aliphatic carbocycles. The third kappa shape index (κ3) is 4.36. The molecule has 0 aromatic heterocycles. The minimum Gasteiger partial charge on any atom is -0.493 e. The standard InChI is InChI=1S/C21H20FNO4S/c1-13(2)27-19-15(5-4-6-17(19)26-3)11-18-20(24)23(21(25)28-18)12-14-7-9-16(22)10-8-14/h4-11,13H,12H2,1-3H3/b18-11-. The number of ether oxygens (including phenoxy) is 2. The van der Waals surface area contributed by atoms with Crippen LogP contribution in [0.25, 0.3) is 6.08 Å². The molecule has 2 aromatic carbocycles. The van der Waals surface area contributed by atoms with Crippen molar-refractivity contribution in [1.82, 2.24) is 4.90 Å². The Kier molecular flexibility index (Phi) is 6.04. The largest absolute Gasteiger partial charge is 0.493 e. The zero-order chi connectivity index (χ0) is 20.3. The van der Waals surface area contributed by atoms with Crippen LogP contribution in [0.4, 0.5) is 9.18 Å². The van der Waals surface area contributed by atoms with Crippen molar-refractivity contribution in [3.63, 3.8) is 0 Å². The fourth-order valence-corrected chi connectivity index (χ4v) is 3.55. The van der Waals surface area contributed by atoms with Gasteiger partial charge in [0.2, 0.25) is 0 Å². The predicted molar refractivity (Wildman–Crippen MR) is 107 cm³/mol. The third-order valence-electron chi connectivity index (χ3n) is 4.00. The normalized spacial score (nSPS) is 15.6. The van der Waals surface area contributed by atoms with Gasteiger partial charge in [0, 0.05) is 5.56 Å². The minimum absolute atomic E-state index is 0.0861. The van der Waals surface area contributed by atoms with E-state index < -0.39 is 5.91 Å². The number of benzene rings is 2. The summed E-state index contributed by atoms with van der Waals surface area (Å²) in [5.41, 5.74) is 1.33. The number of carbonyl (C=O) groups excluding carboxylic acids is 2. The number of imide groups is 1. The number of nitrogens with zero attached hydrogens (tertiary/aromatic N) is 1. The van der Waals surface area contributed by atoms with Crippen LogP contribution in [0.2, 0.25) is 0 Å². The van der Waals surface area contributed by atoms with Gasteiger partial charge in [-0.2, -0.15) is 0 Å². The third-order valence-corrected chi connectivity index (χ3v) is 4.90. The Hall–Kier alpha value is -2.80. The lowest BCUT2D eigenvalue weighted by Gasteiger charge is -2.16. The number of rotatable bonds is 6. The van der Waals surface area contributed by atoms with Crippen molar-refractivity contribution in [2.45, 2.75) is 26.5 Å². The van der Waals surface area contributed by atoms with E-state index in [1.165, 1.54) is 12.1 Å². The van der Waals surface area contributed by atoms with Crippen molar-refractivity contribution in [2.24, 2.45) is 0 Å². The van der Waals surface area contributed by atoms with E-state index in [0.717, 1.165) is 16.7 Å². The number of halogens is 1. The highest BCUT2D eigenvalue weighted by Gasteiger charge is 2.35. The Labute approximate surface area is 167 Å². The van der Waals surface area contributed by atoms with Crippen molar-refractivity contribution in [3.8, 4) is 11.5 Å². The summed E-state index contributed by atoms with van der Waals surface area (Å²) in [6.07, 6.45) is 1.55. The van der Waals surface area contributed by atoms with E-state index >= 15 is 0 Å². The molecule has 1 heterocycles. The van der Waals surface area contributed by atoms with Crippen molar-refractivity contribution in [2.75, 3.05) is 7.11 Å². The molecule has 0 saturated carbocycles. The van der Waals surface area contributed by atoms with E-state index in [9.17, 15) is 14.0 Å². The van der Waals surface area contributed by atoms with Crippen LogP contribution in [-0.4, -0.2) is 29.3 Å². The average Bonchev–Trinajstić information content (AvgIpc) is 2.92. The molecule has 1 fully saturated rings. The molecular weight excluding hydrogens is 381 g/mol. The maximum Gasteiger partial charge on any atom is 0.293 e. The number of amides is 2. The smallest absolute Gasteiger partial charge is 0.293 e. The van der Waals surface area contributed by atoms with Gasteiger partial charge in [-0.25, -0.2) is 4.39 Å². The van der Waals surface area contributed by atoms with E-state index in [-0.39, 0.29) is 23.7 Å². The first kappa shape index (κ1) is 19.9. The van der Waals surface area contributed by atoms with Gasteiger partial charge in [-0.1, -0.05) is 24.3 Å². The van der Waals surface area contributed by atoms with Crippen molar-refractivity contribution in [3.05, 3.63) is 64.3 Å². The topological polar surface area (TPSA) is 55.8 Å². The Bertz CT molecular complexity index is 925. The molecular formula is C21H20FNO4S. The molecule has 1 aliphatic heterocycles. The Morgan fingerprint density at radius 2 is 1.86 bits per heavy atom. The van der Waals surface area contributed by atoms with Gasteiger partial charge in [0.05, 0.1) is 24.7 Å². The Morgan fingerprint density at radius 3 is 2.50 bits per heavy atom. The first-order valence-corrected chi connectivity index (χ1v) is 9.54. The Balaban J connectivity index is 1.88. The highest BCUT2D eigenvalue weighted by Crippen LogP contribution is 2.38. The van der Waals surface area contributed by atoms with Gasteiger partial charge in [-0.15, -0.1) is 0 Å². The predicted octanol–water partition coefficient (Wildman–Crippen LogP) is 4.86. The molecule has 0 unspecified atom stereocenters. The van der Waals surface area contributed by atoms with Crippen LogP contribution in [0.15, 0.2) is 47.4 Å². The zero-order valence-electron chi connectivity index (χ0n) is 15.8. The molecule has 2 amide bonds. The fourth-order valence-electron chi connectivity index (χ4n) is 2.72. The summed E-state index contributed by atoms with van der Waals surface area (Å²) in [6.45, 7) is 3.88. The SMILES string of the molecule is COc1cccc(/C=C2\SC(=O)N(Cc3ccc(F)cc3)C2=O)c1OC(C)C. The highest BCUT2D eigenvalue weighted by atomic mass is 32.2. The van der Waals surface area contributed by atoms with Crippen LogP contribution in [0.5, 0.6) is 11.5 Å². The Morgan fingerprint density at radius 1 is 1.14 bits per heavy atom. The first-order valence-electron chi connectivity index (χ1n) is 8.72. The van der Waals surface area contributed by atoms with Crippen LogP contribution < -0.4 is 9.47 Å². The van der Waals surface area contributed by atoms with Crippen LogP contribution in [-0.2, 0) is 11.3 Å². The van der Waals surface area contributed by atoms with Crippen LogP contribution in [0, 0.1) is 5.82 Å². The quantitative estimate of drug-likeness (QED) is 0.647. The van der Waals surface area contributed by atoms with E-state index in [2.05, 4.69) is 0 Å². The second-order valence-corrected chi connectivity index (χ2v) is 7.43. The molecule has 0 spiro atoms. The molecule has 3 rings (SSSR count). The number of carbonyl (C=O) groups is 2. The molecule has 146 valence electrons. The number of methoxy groups -OCH3 is 1. The summed E-state index contributed by atoms with van der Waals surface area (Å²) in [7, 11) is 1.54. The summed E-state index contributed by atoms with van der Waals surface area (Å²) < 4.78 is 24.3. The molecule has 0 N–H and O–H groups in total. The number of thioether (sulfide) groups is 1. The van der Waals surface area contributed by atoms with Gasteiger partial charge in [0.1, 0.15) is 5.82 Å². The highest BCUT2D eigenvalue weighted by molar-refractivity contribution is 8.18. The molecule has 0 bridgehead atoms. The molecule has 0 atom stereocenters. The van der Waals surface area contributed by atoms with Gasteiger partial charge in [0.15, 0.2) is 11.5 Å². The van der Waals surface area contributed by atoms with Gasteiger partial charge in [-0.3, -0.25) is 14.5 Å². The summed E-state index contributed by atoms with van der Waals surface area (Å²) in [5.74, 6) is 0.310. The second-order valence-electron chi connectivity index (χ2n) is 6.44. The van der Waals surface area contributed by atoms with Crippen LogP contribution >= 0.6 is 11.8 Å². The first-order chi connectivity index (χ1) is 13.4. The van der Waals surface area contributed by atoms with Crippen LogP contribution in [0.3, 0.4) is 0 Å². The van der Waals surface area contributed by atoms with E-state index in [4.69, 9.17) is 9.47 Å². The lowest BCUT2D eigenvalue weighted by atomic mass is 10.1. The van der Waals surface area contributed by atoms with Gasteiger partial charge in [-0.05, 0) is 55.4 Å². The van der Waals surface area contributed by atoms with Gasteiger partial charge in [0.25, 0.3) is 11.1 Å². The van der Waals surface area contributed by atoms with E-state index in [1.807, 2.05) is 13.8 Å². The summed E-state index contributed by atoms with van der Waals surface area (Å²) >= 11 is 0.868. The summed E-state index contributed by atoms with van der Waals surface area (Å²) in [5, 5.41) is -0.366. The molecule has 1 saturated heterocycles. The van der Waals surface area contributed by atoms with Gasteiger partial charge >= 0.3 is 0 Å². The van der Waals surface area contributed by atoms with Crippen LogP contribution in [0.1, 0.15) is 25.0 Å². The zero-order valence-corrected chi connectivity index (χ0v) is 16.6. The monoisotopic (exact) mass is 401 g/mol. The lowest BCUT2D eigenvalue weighted by Crippen LogP contribution is -2.27. The summed E-state index contributed by atoms with van der Waals surface area (Å²) in [4.78, 5) is 26.5. The number of hydrogen-bond donors (Lipinski definition) is 0. The number of hydrogen-bond acceptors (Lipinski definition) is 5. The van der Waals surface area contributed by atoms with Crippen molar-refractivity contribution >= 4 is 29.0 Å². The average molecular weight is 401 g/mol. The van der Waals surface area contributed by atoms with Crippen molar-refractivity contribution in [1.29, 1.82) is 0 Å². The molecule has 1 aliphatic rings. The van der Waals surface area contributed by atoms with Gasteiger partial charge < -0.3 is 9.47 Å². The minimum atomic E-state index is -0.391. The molecule has 28 heavy (non-hydrogen) atoms. The maximum atomic E-state index is 13.1. The van der Waals surface area contributed by atoms with E-state index in [1.54, 1.807) is 43.5 Å². The molecule has 7 heteroatoms. The molecule has 5 nitrogen and oxygen atoms in total.